The third kappa shape index (κ3) is 3.92. The van der Waals surface area contributed by atoms with Gasteiger partial charge in [-0.3, -0.25) is 0 Å². The Kier molecular flexibility index (Phi) is 5.45. The lowest BCUT2D eigenvalue weighted by Gasteiger charge is -2.17. The van der Waals surface area contributed by atoms with Crippen LogP contribution in [0.25, 0.3) is 0 Å². The molecule has 1 unspecified atom stereocenters. The molecular formula is C10H14ClFN2O2. The predicted molar refractivity (Wildman–Crippen MR) is 60.2 cm³/mol. The fourth-order valence-corrected chi connectivity index (χ4v) is 1.41. The zero-order valence-electron chi connectivity index (χ0n) is 8.91. The minimum atomic E-state index is -0.522. The van der Waals surface area contributed by atoms with Crippen LogP contribution >= 0.6 is 11.6 Å². The van der Waals surface area contributed by atoms with Crippen molar-refractivity contribution in [3.05, 3.63) is 23.1 Å². The Morgan fingerprint density at radius 2 is 2.44 bits per heavy atom. The standard InChI is InChI=1S/C10H14ClFN2O2/c1-16-6-8(2-3-15)14-10-9(12)4-7(11)5-13-10/h4-5,8,15H,2-3,6H2,1H3,(H,13,14). The summed E-state index contributed by atoms with van der Waals surface area (Å²) in [5.41, 5.74) is 0. The molecule has 0 aliphatic carbocycles. The molecule has 1 rings (SSSR count). The first-order valence-electron chi connectivity index (χ1n) is 4.84. The van der Waals surface area contributed by atoms with Crippen LogP contribution in [0.15, 0.2) is 12.3 Å². The van der Waals surface area contributed by atoms with Crippen molar-refractivity contribution in [1.29, 1.82) is 0 Å². The van der Waals surface area contributed by atoms with Gasteiger partial charge in [-0.1, -0.05) is 11.6 Å². The molecule has 0 aliphatic rings. The molecule has 90 valence electrons. The molecule has 1 atom stereocenters. The Hall–Kier alpha value is -0.910. The van der Waals surface area contributed by atoms with Gasteiger partial charge in [0.05, 0.1) is 17.7 Å². The monoisotopic (exact) mass is 248 g/mol. The van der Waals surface area contributed by atoms with Crippen LogP contribution in [0, 0.1) is 5.82 Å². The fraction of sp³-hybridized carbons (Fsp3) is 0.500. The number of ether oxygens (including phenoxy) is 1. The topological polar surface area (TPSA) is 54.4 Å². The summed E-state index contributed by atoms with van der Waals surface area (Å²) in [5, 5.41) is 11.9. The summed E-state index contributed by atoms with van der Waals surface area (Å²) in [7, 11) is 1.54. The Morgan fingerprint density at radius 1 is 1.69 bits per heavy atom. The summed E-state index contributed by atoms with van der Waals surface area (Å²) in [5.74, 6) is -0.411. The Morgan fingerprint density at radius 3 is 3.00 bits per heavy atom. The molecule has 0 aliphatic heterocycles. The molecule has 16 heavy (non-hydrogen) atoms. The summed E-state index contributed by atoms with van der Waals surface area (Å²) >= 11 is 5.58. The van der Waals surface area contributed by atoms with Crippen LogP contribution in [0.2, 0.25) is 5.02 Å². The zero-order valence-corrected chi connectivity index (χ0v) is 9.67. The van der Waals surface area contributed by atoms with Crippen molar-refractivity contribution in [2.45, 2.75) is 12.5 Å². The van der Waals surface area contributed by atoms with E-state index < -0.39 is 5.82 Å². The summed E-state index contributed by atoms with van der Waals surface area (Å²) in [4.78, 5) is 3.83. The van der Waals surface area contributed by atoms with E-state index in [9.17, 15) is 4.39 Å². The van der Waals surface area contributed by atoms with Crippen molar-refractivity contribution in [2.75, 3.05) is 25.6 Å². The first-order valence-corrected chi connectivity index (χ1v) is 5.22. The molecular weight excluding hydrogens is 235 g/mol. The third-order valence-electron chi connectivity index (χ3n) is 1.99. The van der Waals surface area contributed by atoms with Crippen LogP contribution in [-0.2, 0) is 4.74 Å². The average Bonchev–Trinajstić information content (AvgIpc) is 2.23. The van der Waals surface area contributed by atoms with Crippen LogP contribution < -0.4 is 5.32 Å². The minimum Gasteiger partial charge on any atom is -0.396 e. The summed E-state index contributed by atoms with van der Waals surface area (Å²) < 4.78 is 18.3. The van der Waals surface area contributed by atoms with Crippen LogP contribution in [0.4, 0.5) is 10.2 Å². The molecule has 0 fully saturated rings. The van der Waals surface area contributed by atoms with Gasteiger partial charge in [0.1, 0.15) is 0 Å². The van der Waals surface area contributed by atoms with E-state index in [-0.39, 0.29) is 23.5 Å². The minimum absolute atomic E-state index is 0.00373. The number of hydrogen-bond acceptors (Lipinski definition) is 4. The second-order valence-corrected chi connectivity index (χ2v) is 3.73. The zero-order chi connectivity index (χ0) is 12.0. The molecule has 0 radical (unpaired) electrons. The predicted octanol–water partition coefficient (Wildman–Crippen LogP) is 1.68. The first kappa shape index (κ1) is 13.2. The number of halogens is 2. The van der Waals surface area contributed by atoms with E-state index in [1.807, 2.05) is 0 Å². The highest BCUT2D eigenvalue weighted by molar-refractivity contribution is 6.30. The van der Waals surface area contributed by atoms with Crippen LogP contribution in [0.1, 0.15) is 6.42 Å². The Labute approximate surface area is 98.4 Å². The number of methoxy groups -OCH3 is 1. The third-order valence-corrected chi connectivity index (χ3v) is 2.20. The van der Waals surface area contributed by atoms with Crippen molar-refractivity contribution < 1.29 is 14.2 Å². The van der Waals surface area contributed by atoms with Crippen molar-refractivity contribution in [1.82, 2.24) is 4.98 Å². The van der Waals surface area contributed by atoms with Gasteiger partial charge in [0, 0.05) is 19.9 Å². The molecule has 0 amide bonds. The number of hydrogen-bond donors (Lipinski definition) is 2. The second-order valence-electron chi connectivity index (χ2n) is 3.29. The second kappa shape index (κ2) is 6.62. The highest BCUT2D eigenvalue weighted by atomic mass is 35.5. The molecule has 1 heterocycles. The Bertz CT molecular complexity index is 333. The van der Waals surface area contributed by atoms with Gasteiger partial charge < -0.3 is 15.2 Å². The first-order chi connectivity index (χ1) is 7.67. The van der Waals surface area contributed by atoms with Gasteiger partial charge in [0.25, 0.3) is 0 Å². The van der Waals surface area contributed by atoms with E-state index in [1.54, 1.807) is 0 Å². The largest absolute Gasteiger partial charge is 0.396 e. The molecule has 2 N–H and O–H groups in total. The lowest BCUT2D eigenvalue weighted by atomic mass is 10.2. The maximum Gasteiger partial charge on any atom is 0.166 e. The van der Waals surface area contributed by atoms with E-state index in [0.717, 1.165) is 0 Å². The van der Waals surface area contributed by atoms with E-state index in [2.05, 4.69) is 10.3 Å². The molecule has 0 aromatic carbocycles. The Balaban J connectivity index is 2.68. The van der Waals surface area contributed by atoms with Gasteiger partial charge in [0.15, 0.2) is 11.6 Å². The highest BCUT2D eigenvalue weighted by Crippen LogP contribution is 2.16. The van der Waals surface area contributed by atoms with E-state index >= 15 is 0 Å². The summed E-state index contributed by atoms with van der Waals surface area (Å²) in [6, 6.07) is 0.998. The van der Waals surface area contributed by atoms with E-state index in [4.69, 9.17) is 21.4 Å². The number of anilines is 1. The van der Waals surface area contributed by atoms with Gasteiger partial charge in [-0.25, -0.2) is 9.37 Å². The number of rotatable bonds is 6. The van der Waals surface area contributed by atoms with Crippen LogP contribution in [0.5, 0.6) is 0 Å². The summed E-state index contributed by atoms with van der Waals surface area (Å²) in [6.45, 7) is 0.362. The number of pyridine rings is 1. The van der Waals surface area contributed by atoms with E-state index in [1.165, 1.54) is 19.4 Å². The van der Waals surface area contributed by atoms with Crippen molar-refractivity contribution >= 4 is 17.4 Å². The van der Waals surface area contributed by atoms with Gasteiger partial charge in [-0.2, -0.15) is 0 Å². The van der Waals surface area contributed by atoms with Crippen molar-refractivity contribution in [2.24, 2.45) is 0 Å². The van der Waals surface area contributed by atoms with Crippen LogP contribution in [0.3, 0.4) is 0 Å². The maximum atomic E-state index is 13.4. The van der Waals surface area contributed by atoms with Crippen molar-refractivity contribution in [3.63, 3.8) is 0 Å². The fourth-order valence-electron chi connectivity index (χ4n) is 1.27. The van der Waals surface area contributed by atoms with Gasteiger partial charge >= 0.3 is 0 Å². The molecule has 0 spiro atoms. The van der Waals surface area contributed by atoms with Gasteiger partial charge in [0.2, 0.25) is 0 Å². The average molecular weight is 249 g/mol. The number of nitrogens with zero attached hydrogens (tertiary/aromatic N) is 1. The number of aliphatic hydroxyl groups is 1. The number of aromatic nitrogens is 1. The molecule has 4 nitrogen and oxygen atoms in total. The van der Waals surface area contributed by atoms with Gasteiger partial charge in [-0.15, -0.1) is 0 Å². The van der Waals surface area contributed by atoms with Gasteiger partial charge in [-0.05, 0) is 12.5 Å². The number of nitrogens with one attached hydrogen (secondary N) is 1. The SMILES string of the molecule is COCC(CCO)Nc1ncc(Cl)cc1F. The van der Waals surface area contributed by atoms with Crippen LogP contribution in [-0.4, -0.2) is 36.5 Å². The lowest BCUT2D eigenvalue weighted by Crippen LogP contribution is -2.27. The highest BCUT2D eigenvalue weighted by Gasteiger charge is 2.11. The molecule has 0 saturated carbocycles. The molecule has 0 bridgehead atoms. The summed E-state index contributed by atoms with van der Waals surface area (Å²) in [6.07, 6.45) is 1.81. The molecule has 6 heteroatoms. The number of aliphatic hydroxyl groups excluding tert-OH is 1. The van der Waals surface area contributed by atoms with E-state index in [0.29, 0.717) is 13.0 Å². The molecule has 1 aromatic heterocycles. The van der Waals surface area contributed by atoms with Crippen molar-refractivity contribution in [3.8, 4) is 0 Å². The molecule has 1 aromatic rings. The quantitative estimate of drug-likeness (QED) is 0.804. The molecule has 0 saturated heterocycles. The maximum absolute atomic E-state index is 13.4. The normalized spacial score (nSPS) is 12.5. The lowest BCUT2D eigenvalue weighted by molar-refractivity contribution is 0.170. The smallest absolute Gasteiger partial charge is 0.166 e.